The maximum atomic E-state index is 12.6. The van der Waals surface area contributed by atoms with Gasteiger partial charge in [0, 0.05) is 5.56 Å². The lowest BCUT2D eigenvalue weighted by Gasteiger charge is -2.07. The molecule has 2 aromatic rings. The van der Waals surface area contributed by atoms with E-state index in [2.05, 4.69) is 10.3 Å². The number of carbonyl (C=O) groups excluding carboxylic acids is 1. The van der Waals surface area contributed by atoms with E-state index in [0.29, 0.717) is 5.56 Å². The van der Waals surface area contributed by atoms with Crippen LogP contribution in [-0.2, 0) is 11.3 Å². The van der Waals surface area contributed by atoms with Gasteiger partial charge in [-0.25, -0.2) is 18.3 Å². The Balaban J connectivity index is 2.48. The number of hydrogen-bond donors (Lipinski definition) is 0. The molecule has 5 nitrogen and oxygen atoms in total. The first-order valence-electron chi connectivity index (χ1n) is 6.07. The molecule has 0 atom stereocenters. The second-order valence-corrected chi connectivity index (χ2v) is 3.95. The van der Waals surface area contributed by atoms with Gasteiger partial charge < -0.3 is 4.74 Å². The highest BCUT2D eigenvalue weighted by Gasteiger charge is 2.23. The molecule has 0 spiro atoms. The van der Waals surface area contributed by atoms with Gasteiger partial charge in [0.15, 0.2) is 5.69 Å². The van der Waals surface area contributed by atoms with Crippen LogP contribution in [0.1, 0.15) is 17.4 Å². The van der Waals surface area contributed by atoms with E-state index in [4.69, 9.17) is 4.74 Å². The van der Waals surface area contributed by atoms with Gasteiger partial charge in [-0.1, -0.05) is 35.5 Å². The summed E-state index contributed by atoms with van der Waals surface area (Å²) in [6.07, 6.45) is -2.59. The summed E-state index contributed by atoms with van der Waals surface area (Å²) >= 11 is 0. The number of benzene rings is 1. The number of alkyl halides is 2. The third kappa shape index (κ3) is 2.98. The maximum absolute atomic E-state index is 12.6. The Morgan fingerprint density at radius 1 is 1.35 bits per heavy atom. The van der Waals surface area contributed by atoms with Gasteiger partial charge >= 0.3 is 5.97 Å². The van der Waals surface area contributed by atoms with Crippen molar-refractivity contribution < 1.29 is 18.3 Å². The molecule has 0 bridgehead atoms. The highest BCUT2D eigenvalue weighted by atomic mass is 19.3. The van der Waals surface area contributed by atoms with Crippen LogP contribution in [0.25, 0.3) is 11.3 Å². The minimum atomic E-state index is -2.59. The highest BCUT2D eigenvalue weighted by molar-refractivity contribution is 5.94. The molecule has 1 aromatic carbocycles. The topological polar surface area (TPSA) is 57.0 Å². The highest BCUT2D eigenvalue weighted by Crippen LogP contribution is 2.23. The zero-order chi connectivity index (χ0) is 14.5. The van der Waals surface area contributed by atoms with Crippen molar-refractivity contribution in [2.75, 3.05) is 6.61 Å². The Hall–Kier alpha value is -2.31. The van der Waals surface area contributed by atoms with Crippen molar-refractivity contribution in [1.29, 1.82) is 0 Å². The monoisotopic (exact) mass is 281 g/mol. The summed E-state index contributed by atoms with van der Waals surface area (Å²) in [4.78, 5) is 11.8. The number of hydrogen-bond acceptors (Lipinski definition) is 4. The van der Waals surface area contributed by atoms with Crippen LogP contribution in [0, 0.1) is 0 Å². The van der Waals surface area contributed by atoms with Crippen LogP contribution in [0.2, 0.25) is 0 Å². The van der Waals surface area contributed by atoms with Crippen molar-refractivity contribution in [3.63, 3.8) is 0 Å². The third-order valence-corrected chi connectivity index (χ3v) is 2.56. The Labute approximate surface area is 114 Å². The van der Waals surface area contributed by atoms with Crippen molar-refractivity contribution in [3.8, 4) is 11.3 Å². The van der Waals surface area contributed by atoms with Gasteiger partial charge in [0.25, 0.3) is 6.43 Å². The predicted octanol–water partition coefficient (Wildman–Crippen LogP) is 2.39. The third-order valence-electron chi connectivity index (χ3n) is 2.56. The van der Waals surface area contributed by atoms with Crippen LogP contribution in [-0.4, -0.2) is 34.0 Å². The number of ether oxygens (including phenoxy) is 1. The second kappa shape index (κ2) is 6.23. The van der Waals surface area contributed by atoms with E-state index < -0.39 is 18.9 Å². The Morgan fingerprint density at radius 3 is 2.65 bits per heavy atom. The SMILES string of the molecule is CCOC(=O)c1nnn(CC(F)F)c1-c1ccccc1. The standard InChI is InChI=1S/C13H13F2N3O2/c1-2-20-13(19)11-12(9-6-4-3-5-7-9)18(17-16-11)8-10(14)15/h3-7,10H,2,8H2,1H3. The van der Waals surface area contributed by atoms with E-state index >= 15 is 0 Å². The molecule has 0 aliphatic rings. The molecule has 0 saturated heterocycles. The van der Waals surface area contributed by atoms with E-state index in [0.717, 1.165) is 4.68 Å². The van der Waals surface area contributed by atoms with Crippen molar-refractivity contribution in [2.24, 2.45) is 0 Å². The minimum Gasteiger partial charge on any atom is -0.461 e. The maximum Gasteiger partial charge on any atom is 0.361 e. The van der Waals surface area contributed by atoms with E-state index in [1.165, 1.54) is 0 Å². The fraction of sp³-hybridized carbons (Fsp3) is 0.308. The van der Waals surface area contributed by atoms with Crippen LogP contribution in [0.3, 0.4) is 0 Å². The van der Waals surface area contributed by atoms with Gasteiger partial charge in [0.05, 0.1) is 6.61 Å². The van der Waals surface area contributed by atoms with Crippen molar-refractivity contribution in [3.05, 3.63) is 36.0 Å². The molecule has 0 fully saturated rings. The summed E-state index contributed by atoms with van der Waals surface area (Å²) in [5.41, 5.74) is 0.768. The number of halogens is 2. The number of esters is 1. The van der Waals surface area contributed by atoms with E-state index in [1.807, 2.05) is 0 Å². The lowest BCUT2D eigenvalue weighted by molar-refractivity contribution is 0.0520. The fourth-order valence-corrected chi connectivity index (χ4v) is 1.79. The van der Waals surface area contributed by atoms with Crippen molar-refractivity contribution >= 4 is 5.97 Å². The summed E-state index contributed by atoms with van der Waals surface area (Å²) in [5.74, 6) is -0.674. The van der Waals surface area contributed by atoms with Crippen LogP contribution in [0.15, 0.2) is 30.3 Å². The van der Waals surface area contributed by atoms with E-state index in [1.54, 1.807) is 37.3 Å². The molecule has 0 saturated carbocycles. The van der Waals surface area contributed by atoms with Crippen LogP contribution < -0.4 is 0 Å². The average Bonchev–Trinajstić information content (AvgIpc) is 2.83. The Morgan fingerprint density at radius 2 is 2.05 bits per heavy atom. The Kier molecular flexibility index (Phi) is 4.39. The molecule has 20 heavy (non-hydrogen) atoms. The zero-order valence-electron chi connectivity index (χ0n) is 10.8. The summed E-state index contributed by atoms with van der Waals surface area (Å²) in [6.45, 7) is 1.20. The first-order chi connectivity index (χ1) is 9.63. The van der Waals surface area contributed by atoms with Crippen LogP contribution in [0.4, 0.5) is 8.78 Å². The molecular weight excluding hydrogens is 268 g/mol. The van der Waals surface area contributed by atoms with Crippen molar-refractivity contribution in [2.45, 2.75) is 19.9 Å². The molecular formula is C13H13F2N3O2. The van der Waals surface area contributed by atoms with Gasteiger partial charge in [-0.2, -0.15) is 0 Å². The van der Waals surface area contributed by atoms with Crippen LogP contribution in [0.5, 0.6) is 0 Å². The predicted molar refractivity (Wildman–Crippen MR) is 67.4 cm³/mol. The molecule has 1 heterocycles. The molecule has 7 heteroatoms. The first kappa shape index (κ1) is 14.1. The first-order valence-corrected chi connectivity index (χ1v) is 6.07. The lowest BCUT2D eigenvalue weighted by Crippen LogP contribution is -2.11. The quantitative estimate of drug-likeness (QED) is 0.790. The van der Waals surface area contributed by atoms with E-state index in [9.17, 15) is 13.6 Å². The lowest BCUT2D eigenvalue weighted by atomic mass is 10.1. The second-order valence-electron chi connectivity index (χ2n) is 3.95. The van der Waals surface area contributed by atoms with Gasteiger partial charge in [-0.3, -0.25) is 0 Å². The van der Waals surface area contributed by atoms with Gasteiger partial charge in [0.1, 0.15) is 12.2 Å². The normalized spacial score (nSPS) is 10.8. The molecule has 0 radical (unpaired) electrons. The Bertz CT molecular complexity index is 585. The average molecular weight is 281 g/mol. The molecule has 106 valence electrons. The summed E-state index contributed by atoms with van der Waals surface area (Å²) < 4.78 is 31.0. The number of rotatable bonds is 5. The zero-order valence-corrected chi connectivity index (χ0v) is 10.8. The minimum absolute atomic E-state index is 0.0568. The smallest absolute Gasteiger partial charge is 0.361 e. The van der Waals surface area contributed by atoms with Gasteiger partial charge in [0.2, 0.25) is 0 Å². The molecule has 2 rings (SSSR count). The van der Waals surface area contributed by atoms with Gasteiger partial charge in [-0.15, -0.1) is 5.10 Å². The summed E-state index contributed by atoms with van der Waals surface area (Å²) in [7, 11) is 0. The molecule has 0 amide bonds. The number of nitrogens with zero attached hydrogens (tertiary/aromatic N) is 3. The summed E-state index contributed by atoms with van der Waals surface area (Å²) in [6, 6.07) is 8.66. The number of aromatic nitrogens is 3. The van der Waals surface area contributed by atoms with Crippen molar-refractivity contribution in [1.82, 2.24) is 15.0 Å². The van der Waals surface area contributed by atoms with Gasteiger partial charge in [-0.05, 0) is 6.92 Å². The molecule has 0 unspecified atom stereocenters. The largest absolute Gasteiger partial charge is 0.461 e. The summed E-state index contributed by atoms with van der Waals surface area (Å²) in [5, 5.41) is 7.29. The van der Waals surface area contributed by atoms with Crippen LogP contribution >= 0.6 is 0 Å². The van der Waals surface area contributed by atoms with E-state index in [-0.39, 0.29) is 18.0 Å². The number of carbonyl (C=O) groups is 1. The molecule has 1 aromatic heterocycles. The fourth-order valence-electron chi connectivity index (χ4n) is 1.79. The molecule has 0 aliphatic heterocycles. The molecule has 0 N–H and O–H groups in total. The molecule has 0 aliphatic carbocycles.